The van der Waals surface area contributed by atoms with Gasteiger partial charge in [0.2, 0.25) is 10.0 Å². The maximum absolute atomic E-state index is 13.0. The highest BCUT2D eigenvalue weighted by molar-refractivity contribution is 7.89. The van der Waals surface area contributed by atoms with E-state index < -0.39 is 22.0 Å². The molecule has 0 aromatic heterocycles. The molecule has 7 nitrogen and oxygen atoms in total. The summed E-state index contributed by atoms with van der Waals surface area (Å²) >= 11 is 0. The van der Waals surface area contributed by atoms with Crippen LogP contribution in [-0.2, 0) is 38.9 Å². The Morgan fingerprint density at radius 2 is 2.10 bits per heavy atom. The van der Waals surface area contributed by atoms with Gasteiger partial charge in [-0.25, -0.2) is 8.42 Å². The molecule has 2 aromatic carbocycles. The Morgan fingerprint density at radius 3 is 2.86 bits per heavy atom. The molecule has 0 unspecified atom stereocenters. The van der Waals surface area contributed by atoms with Crippen molar-refractivity contribution in [2.75, 3.05) is 13.2 Å². The predicted molar refractivity (Wildman–Crippen MR) is 107 cm³/mol. The highest BCUT2D eigenvalue weighted by Crippen LogP contribution is 2.20. The summed E-state index contributed by atoms with van der Waals surface area (Å²) < 4.78 is 33.5. The molecule has 1 heterocycles. The fraction of sp³-hybridized carbons (Fsp3) is 0.333. The van der Waals surface area contributed by atoms with Gasteiger partial charge in [-0.15, -0.1) is 0 Å². The summed E-state index contributed by atoms with van der Waals surface area (Å²) in [6, 6.07) is 12.7. The van der Waals surface area contributed by atoms with Crippen LogP contribution in [0.5, 0.6) is 0 Å². The van der Waals surface area contributed by atoms with E-state index in [9.17, 15) is 13.2 Å². The first-order chi connectivity index (χ1) is 13.9. The molecule has 0 fully saturated rings. The number of nitrogens with one attached hydrogen (secondary N) is 2. The Bertz CT molecular complexity index is 1040. The zero-order chi connectivity index (χ0) is 20.9. The van der Waals surface area contributed by atoms with Gasteiger partial charge in [0.15, 0.2) is 0 Å². The normalized spacial score (nSPS) is 14.5. The summed E-state index contributed by atoms with van der Waals surface area (Å²) in [6.45, 7) is 3.28. The van der Waals surface area contributed by atoms with E-state index in [1.807, 2.05) is 12.1 Å². The Hall–Kier alpha value is -2.73. The minimum Gasteiger partial charge on any atom is -0.465 e. The number of carbonyl (C=O) groups excluding carboxylic acids is 1. The minimum absolute atomic E-state index is 0.0834. The molecule has 0 radical (unpaired) electrons. The third-order valence-electron chi connectivity index (χ3n) is 4.74. The molecular formula is C21H23N3O4S. The fourth-order valence-corrected chi connectivity index (χ4v) is 4.53. The van der Waals surface area contributed by atoms with Gasteiger partial charge in [0.1, 0.15) is 6.04 Å². The summed E-state index contributed by atoms with van der Waals surface area (Å²) in [4.78, 5) is 12.5. The molecule has 0 spiro atoms. The molecular weight excluding hydrogens is 390 g/mol. The van der Waals surface area contributed by atoms with Crippen LogP contribution in [-0.4, -0.2) is 33.6 Å². The van der Waals surface area contributed by atoms with Gasteiger partial charge in [0, 0.05) is 6.54 Å². The van der Waals surface area contributed by atoms with E-state index >= 15 is 0 Å². The number of fused-ring (bicyclic) bond motifs is 1. The number of hydrogen-bond acceptors (Lipinski definition) is 6. The first-order valence-corrected chi connectivity index (χ1v) is 10.9. The molecule has 8 heteroatoms. The van der Waals surface area contributed by atoms with E-state index in [1.54, 1.807) is 43.3 Å². The molecule has 0 aliphatic carbocycles. The summed E-state index contributed by atoms with van der Waals surface area (Å²) in [6.07, 6.45) is 0.934. The van der Waals surface area contributed by atoms with Gasteiger partial charge in [0.25, 0.3) is 0 Å². The van der Waals surface area contributed by atoms with E-state index in [0.29, 0.717) is 17.7 Å². The molecule has 0 bridgehead atoms. The van der Waals surface area contributed by atoms with E-state index in [0.717, 1.165) is 24.1 Å². The van der Waals surface area contributed by atoms with Gasteiger partial charge in [-0.3, -0.25) is 4.79 Å². The van der Waals surface area contributed by atoms with Crippen LogP contribution in [0.4, 0.5) is 0 Å². The number of sulfonamides is 1. The van der Waals surface area contributed by atoms with E-state index in [4.69, 9.17) is 10.00 Å². The summed E-state index contributed by atoms with van der Waals surface area (Å²) in [5, 5.41) is 12.3. The average Bonchev–Trinajstić information content (AvgIpc) is 2.73. The van der Waals surface area contributed by atoms with Crippen molar-refractivity contribution in [2.24, 2.45) is 0 Å². The molecule has 0 saturated heterocycles. The van der Waals surface area contributed by atoms with Gasteiger partial charge in [-0.1, -0.05) is 18.2 Å². The van der Waals surface area contributed by atoms with Crippen molar-refractivity contribution >= 4 is 16.0 Å². The van der Waals surface area contributed by atoms with Crippen molar-refractivity contribution in [1.82, 2.24) is 10.0 Å². The smallest absolute Gasteiger partial charge is 0.324 e. The number of ether oxygens (including phenoxy) is 1. The van der Waals surface area contributed by atoms with Crippen molar-refractivity contribution in [3.8, 4) is 6.07 Å². The lowest BCUT2D eigenvalue weighted by molar-refractivity contribution is -0.145. The van der Waals surface area contributed by atoms with Crippen LogP contribution in [0, 0.1) is 11.3 Å². The Balaban J connectivity index is 1.86. The number of hydrogen-bond donors (Lipinski definition) is 2. The monoisotopic (exact) mass is 413 g/mol. The van der Waals surface area contributed by atoms with Gasteiger partial charge < -0.3 is 10.1 Å². The van der Waals surface area contributed by atoms with Crippen molar-refractivity contribution in [2.45, 2.75) is 37.2 Å². The quantitative estimate of drug-likeness (QED) is 0.669. The number of nitriles is 1. The summed E-state index contributed by atoms with van der Waals surface area (Å²) in [5.41, 5.74) is 3.17. The summed E-state index contributed by atoms with van der Waals surface area (Å²) in [7, 11) is -3.94. The summed E-state index contributed by atoms with van der Waals surface area (Å²) in [5.74, 6) is -0.655. The third-order valence-corrected chi connectivity index (χ3v) is 6.21. The number of carbonyl (C=O) groups is 1. The molecule has 1 atom stereocenters. The standard InChI is InChI=1S/C21H23N3O4S/c1-2-28-21(25)20(11-15-4-3-5-16(10-15)13-22)24-29(26,27)19-7-6-17-8-9-23-14-18(17)12-19/h3-7,10,12,20,23-24H,2,8-9,11,14H2,1H3/t20-/m0/s1. The number of esters is 1. The van der Waals surface area contributed by atoms with E-state index in [1.165, 1.54) is 0 Å². The molecule has 0 amide bonds. The highest BCUT2D eigenvalue weighted by atomic mass is 32.2. The Kier molecular flexibility index (Phi) is 6.64. The molecule has 1 aliphatic heterocycles. The average molecular weight is 413 g/mol. The zero-order valence-corrected chi connectivity index (χ0v) is 17.0. The first-order valence-electron chi connectivity index (χ1n) is 9.43. The van der Waals surface area contributed by atoms with Crippen LogP contribution < -0.4 is 10.0 Å². The van der Waals surface area contributed by atoms with Crippen molar-refractivity contribution < 1.29 is 17.9 Å². The van der Waals surface area contributed by atoms with Crippen molar-refractivity contribution in [3.05, 3.63) is 64.7 Å². The SMILES string of the molecule is CCOC(=O)[C@H](Cc1cccc(C#N)c1)NS(=O)(=O)c1ccc2c(c1)CNCC2. The van der Waals surface area contributed by atoms with Crippen molar-refractivity contribution in [1.29, 1.82) is 5.26 Å². The second kappa shape index (κ2) is 9.18. The number of benzene rings is 2. The van der Waals surface area contributed by atoms with E-state index in [2.05, 4.69) is 10.0 Å². The zero-order valence-electron chi connectivity index (χ0n) is 16.1. The lowest BCUT2D eigenvalue weighted by atomic mass is 10.0. The van der Waals surface area contributed by atoms with E-state index in [-0.39, 0.29) is 17.9 Å². The molecule has 3 rings (SSSR count). The molecule has 2 aromatic rings. The topological polar surface area (TPSA) is 108 Å². The highest BCUT2D eigenvalue weighted by Gasteiger charge is 2.28. The van der Waals surface area contributed by atoms with Gasteiger partial charge in [-0.05, 0) is 67.3 Å². The van der Waals surface area contributed by atoms with Gasteiger partial charge >= 0.3 is 5.97 Å². The lowest BCUT2D eigenvalue weighted by Crippen LogP contribution is -2.43. The second-order valence-electron chi connectivity index (χ2n) is 6.80. The number of rotatable bonds is 7. The van der Waals surface area contributed by atoms with Gasteiger partial charge in [0.05, 0.1) is 23.1 Å². The van der Waals surface area contributed by atoms with Crippen LogP contribution in [0.2, 0.25) is 0 Å². The molecule has 2 N–H and O–H groups in total. The number of nitrogens with zero attached hydrogens (tertiary/aromatic N) is 1. The lowest BCUT2D eigenvalue weighted by Gasteiger charge is -2.20. The minimum atomic E-state index is -3.94. The third kappa shape index (κ3) is 5.21. The van der Waals surface area contributed by atoms with Crippen LogP contribution in [0.3, 0.4) is 0 Å². The van der Waals surface area contributed by atoms with Gasteiger partial charge in [-0.2, -0.15) is 9.98 Å². The second-order valence-corrected chi connectivity index (χ2v) is 8.51. The van der Waals surface area contributed by atoms with Crippen LogP contribution in [0.25, 0.3) is 0 Å². The maximum Gasteiger partial charge on any atom is 0.324 e. The molecule has 29 heavy (non-hydrogen) atoms. The van der Waals surface area contributed by atoms with Crippen LogP contribution in [0.1, 0.15) is 29.2 Å². The van der Waals surface area contributed by atoms with Crippen molar-refractivity contribution in [3.63, 3.8) is 0 Å². The molecule has 152 valence electrons. The predicted octanol–water partition coefficient (Wildman–Crippen LogP) is 1.66. The Labute approximate surface area is 170 Å². The van der Waals surface area contributed by atoms with Crippen LogP contribution in [0.15, 0.2) is 47.4 Å². The largest absolute Gasteiger partial charge is 0.465 e. The molecule has 0 saturated carbocycles. The maximum atomic E-state index is 13.0. The molecule has 1 aliphatic rings. The Morgan fingerprint density at radius 1 is 1.28 bits per heavy atom. The fourth-order valence-electron chi connectivity index (χ4n) is 3.30. The first kappa shape index (κ1) is 21.0. The van der Waals surface area contributed by atoms with Crippen LogP contribution >= 0.6 is 0 Å².